The molecule has 0 bridgehead atoms. The van der Waals surface area contributed by atoms with Gasteiger partial charge in [0.1, 0.15) is 12.4 Å². The lowest BCUT2D eigenvalue weighted by atomic mass is 10.0. The second kappa shape index (κ2) is 5.75. The Labute approximate surface area is 80.2 Å². The van der Waals surface area contributed by atoms with E-state index < -0.39 is 6.10 Å². The van der Waals surface area contributed by atoms with Crippen molar-refractivity contribution < 1.29 is 9.53 Å². The molecule has 0 spiro atoms. The molecule has 0 aromatic rings. The van der Waals surface area contributed by atoms with Crippen molar-refractivity contribution in [2.24, 2.45) is 5.92 Å². The standard InChI is InChI=1S/C10H19NO2/c1-7(2)13-10(6-12)8(3)9(4)11-5/h6-8,10-11H,4H2,1-3,5H3. The molecular formula is C10H19NO2. The second-order valence-electron chi connectivity index (χ2n) is 3.35. The third-order valence-electron chi connectivity index (χ3n) is 1.93. The zero-order valence-corrected chi connectivity index (χ0v) is 8.83. The van der Waals surface area contributed by atoms with E-state index in [1.165, 1.54) is 0 Å². The normalized spacial score (nSPS) is 15.2. The molecule has 0 fully saturated rings. The summed E-state index contributed by atoms with van der Waals surface area (Å²) in [5, 5.41) is 2.92. The fourth-order valence-corrected chi connectivity index (χ4v) is 1.01. The average Bonchev–Trinajstić information content (AvgIpc) is 2.11. The van der Waals surface area contributed by atoms with Gasteiger partial charge in [0.05, 0.1) is 6.10 Å². The summed E-state index contributed by atoms with van der Waals surface area (Å²) in [5.74, 6) is 0.00454. The summed E-state index contributed by atoms with van der Waals surface area (Å²) < 4.78 is 5.42. The zero-order valence-electron chi connectivity index (χ0n) is 8.83. The van der Waals surface area contributed by atoms with Crippen LogP contribution in [0.2, 0.25) is 0 Å². The Hall–Kier alpha value is -0.830. The maximum absolute atomic E-state index is 10.7. The monoisotopic (exact) mass is 185 g/mol. The van der Waals surface area contributed by atoms with Crippen molar-refractivity contribution in [2.75, 3.05) is 7.05 Å². The molecular weight excluding hydrogens is 166 g/mol. The van der Waals surface area contributed by atoms with Gasteiger partial charge >= 0.3 is 0 Å². The number of carbonyl (C=O) groups excluding carboxylic acids is 1. The van der Waals surface area contributed by atoms with Gasteiger partial charge in [-0.15, -0.1) is 0 Å². The Balaban J connectivity index is 4.22. The van der Waals surface area contributed by atoms with E-state index in [4.69, 9.17) is 4.74 Å². The Morgan fingerprint density at radius 2 is 2.00 bits per heavy atom. The van der Waals surface area contributed by atoms with Gasteiger partial charge in [0.25, 0.3) is 0 Å². The van der Waals surface area contributed by atoms with Gasteiger partial charge in [0, 0.05) is 18.7 Å². The topological polar surface area (TPSA) is 38.3 Å². The maximum atomic E-state index is 10.7. The third kappa shape index (κ3) is 4.08. The Bertz CT molecular complexity index is 178. The minimum Gasteiger partial charge on any atom is -0.392 e. The molecule has 0 rings (SSSR count). The molecule has 1 N–H and O–H groups in total. The first kappa shape index (κ1) is 12.2. The number of hydrogen-bond acceptors (Lipinski definition) is 3. The van der Waals surface area contributed by atoms with Gasteiger partial charge in [-0.3, -0.25) is 0 Å². The summed E-state index contributed by atoms with van der Waals surface area (Å²) in [6.45, 7) is 9.53. The van der Waals surface area contributed by atoms with Gasteiger partial charge in [-0.05, 0) is 13.8 Å². The number of rotatable bonds is 6. The molecule has 2 atom stereocenters. The molecule has 13 heavy (non-hydrogen) atoms. The molecule has 0 aliphatic heterocycles. The van der Waals surface area contributed by atoms with Crippen LogP contribution in [0.1, 0.15) is 20.8 Å². The SMILES string of the molecule is C=C(NC)C(C)C(C=O)OC(C)C. The van der Waals surface area contributed by atoms with Crippen LogP contribution in [0, 0.1) is 5.92 Å². The van der Waals surface area contributed by atoms with E-state index in [1.54, 1.807) is 7.05 Å². The molecule has 0 aliphatic rings. The van der Waals surface area contributed by atoms with Crippen LogP contribution in [-0.2, 0) is 9.53 Å². The van der Waals surface area contributed by atoms with Crippen molar-refractivity contribution in [1.29, 1.82) is 0 Å². The lowest BCUT2D eigenvalue weighted by Gasteiger charge is -2.23. The van der Waals surface area contributed by atoms with E-state index in [-0.39, 0.29) is 12.0 Å². The molecule has 0 radical (unpaired) electrons. The molecule has 3 heteroatoms. The van der Waals surface area contributed by atoms with Gasteiger partial charge in [0.15, 0.2) is 0 Å². The summed E-state index contributed by atoms with van der Waals surface area (Å²) >= 11 is 0. The van der Waals surface area contributed by atoms with Crippen LogP contribution >= 0.6 is 0 Å². The third-order valence-corrected chi connectivity index (χ3v) is 1.93. The van der Waals surface area contributed by atoms with Crippen molar-refractivity contribution in [3.05, 3.63) is 12.3 Å². The number of ether oxygens (including phenoxy) is 1. The molecule has 0 saturated carbocycles. The number of carbonyl (C=O) groups is 1. The summed E-state index contributed by atoms with van der Waals surface area (Å²) in [6.07, 6.45) is 0.481. The highest BCUT2D eigenvalue weighted by atomic mass is 16.5. The lowest BCUT2D eigenvalue weighted by molar-refractivity contribution is -0.123. The van der Waals surface area contributed by atoms with Crippen LogP contribution in [0.4, 0.5) is 0 Å². The van der Waals surface area contributed by atoms with Crippen LogP contribution in [0.3, 0.4) is 0 Å². The van der Waals surface area contributed by atoms with Crippen LogP contribution in [0.5, 0.6) is 0 Å². The molecule has 0 aromatic heterocycles. The summed E-state index contributed by atoms with van der Waals surface area (Å²) in [7, 11) is 1.79. The molecule has 0 aromatic carbocycles. The van der Waals surface area contributed by atoms with Gasteiger partial charge in [0.2, 0.25) is 0 Å². The highest BCUT2D eigenvalue weighted by molar-refractivity contribution is 5.57. The smallest absolute Gasteiger partial charge is 0.149 e. The number of aldehydes is 1. The van der Waals surface area contributed by atoms with Gasteiger partial charge in [-0.25, -0.2) is 0 Å². The largest absolute Gasteiger partial charge is 0.392 e. The predicted molar refractivity (Wildman–Crippen MR) is 53.4 cm³/mol. The van der Waals surface area contributed by atoms with Gasteiger partial charge in [-0.1, -0.05) is 13.5 Å². The molecule has 0 heterocycles. The van der Waals surface area contributed by atoms with E-state index >= 15 is 0 Å². The number of hydrogen-bond donors (Lipinski definition) is 1. The van der Waals surface area contributed by atoms with Crippen molar-refractivity contribution in [2.45, 2.75) is 33.0 Å². The highest BCUT2D eigenvalue weighted by Gasteiger charge is 2.20. The quantitative estimate of drug-likeness (QED) is 0.635. The first-order valence-corrected chi connectivity index (χ1v) is 4.50. The first-order valence-electron chi connectivity index (χ1n) is 4.50. The summed E-state index contributed by atoms with van der Waals surface area (Å²) in [5.41, 5.74) is 0.817. The minimum atomic E-state index is -0.403. The van der Waals surface area contributed by atoms with Crippen molar-refractivity contribution >= 4 is 6.29 Å². The van der Waals surface area contributed by atoms with Crippen LogP contribution in [-0.4, -0.2) is 25.5 Å². The Kier molecular flexibility index (Phi) is 5.39. The van der Waals surface area contributed by atoms with Crippen LogP contribution in [0.25, 0.3) is 0 Å². The number of nitrogens with one attached hydrogen (secondary N) is 1. The fourth-order valence-electron chi connectivity index (χ4n) is 1.01. The molecule has 2 unspecified atom stereocenters. The average molecular weight is 185 g/mol. The molecule has 3 nitrogen and oxygen atoms in total. The molecule has 0 aliphatic carbocycles. The van der Waals surface area contributed by atoms with Gasteiger partial charge in [-0.2, -0.15) is 0 Å². The van der Waals surface area contributed by atoms with Crippen LogP contribution in [0.15, 0.2) is 12.3 Å². The zero-order chi connectivity index (χ0) is 10.4. The van der Waals surface area contributed by atoms with Crippen molar-refractivity contribution in [3.63, 3.8) is 0 Å². The lowest BCUT2D eigenvalue weighted by Crippen LogP contribution is -2.30. The van der Waals surface area contributed by atoms with E-state index in [2.05, 4.69) is 11.9 Å². The fraction of sp³-hybridized carbons (Fsp3) is 0.700. The van der Waals surface area contributed by atoms with E-state index in [0.717, 1.165) is 12.0 Å². The van der Waals surface area contributed by atoms with Gasteiger partial charge < -0.3 is 14.8 Å². The predicted octanol–water partition coefficient (Wildman–Crippen LogP) is 1.35. The van der Waals surface area contributed by atoms with E-state index in [9.17, 15) is 4.79 Å². The maximum Gasteiger partial charge on any atom is 0.149 e. The second-order valence-corrected chi connectivity index (χ2v) is 3.35. The van der Waals surface area contributed by atoms with E-state index in [0.29, 0.717) is 0 Å². The van der Waals surface area contributed by atoms with Crippen molar-refractivity contribution in [3.8, 4) is 0 Å². The summed E-state index contributed by atoms with van der Waals surface area (Å²) in [4.78, 5) is 10.7. The summed E-state index contributed by atoms with van der Waals surface area (Å²) in [6, 6.07) is 0. The van der Waals surface area contributed by atoms with E-state index in [1.807, 2.05) is 20.8 Å². The molecule has 76 valence electrons. The Morgan fingerprint density at radius 3 is 2.31 bits per heavy atom. The van der Waals surface area contributed by atoms with Crippen molar-refractivity contribution in [1.82, 2.24) is 5.32 Å². The molecule has 0 amide bonds. The first-order chi connectivity index (χ1) is 6.02. The highest BCUT2D eigenvalue weighted by Crippen LogP contribution is 2.13. The molecule has 0 saturated heterocycles. The minimum absolute atomic E-state index is 0.00454. The van der Waals surface area contributed by atoms with Crippen LogP contribution < -0.4 is 5.32 Å². The Morgan fingerprint density at radius 1 is 1.46 bits per heavy atom.